The van der Waals surface area contributed by atoms with Gasteiger partial charge < -0.3 is 19.9 Å². The maximum atomic E-state index is 12.0. The average Bonchev–Trinajstić information content (AvgIpc) is 3.19. The van der Waals surface area contributed by atoms with Crippen molar-refractivity contribution in [2.24, 2.45) is 0 Å². The number of nitrogens with one attached hydrogen (secondary N) is 1. The van der Waals surface area contributed by atoms with E-state index in [9.17, 15) is 9.59 Å². The van der Waals surface area contributed by atoms with Crippen LogP contribution >= 0.6 is 0 Å². The molecule has 0 atom stereocenters. The molecule has 2 rings (SSSR count). The normalized spacial score (nSPS) is 15.3. The molecule has 1 aliphatic rings. The zero-order chi connectivity index (χ0) is 14.8. The van der Waals surface area contributed by atoms with Crippen molar-refractivity contribution >= 4 is 11.9 Å². The first-order chi connectivity index (χ1) is 9.52. The third-order valence-electron chi connectivity index (χ3n) is 3.41. The van der Waals surface area contributed by atoms with Crippen LogP contribution in [0.5, 0.6) is 11.5 Å². The lowest BCUT2D eigenvalue weighted by molar-refractivity contribution is -0.143. The van der Waals surface area contributed by atoms with Crippen LogP contribution in [0, 0.1) is 0 Å². The molecular weight excluding hydrogens is 262 g/mol. The van der Waals surface area contributed by atoms with Crippen LogP contribution in [0.15, 0.2) is 18.2 Å². The van der Waals surface area contributed by atoms with E-state index >= 15 is 0 Å². The number of carboxylic acids is 1. The number of hydrogen-bond acceptors (Lipinski definition) is 4. The molecule has 1 fully saturated rings. The van der Waals surface area contributed by atoms with Crippen molar-refractivity contribution in [1.29, 1.82) is 0 Å². The van der Waals surface area contributed by atoms with Crippen molar-refractivity contribution in [2.75, 3.05) is 14.2 Å². The van der Waals surface area contributed by atoms with Crippen molar-refractivity contribution in [3.8, 4) is 11.5 Å². The number of methoxy groups -OCH3 is 2. The number of amides is 1. The van der Waals surface area contributed by atoms with Crippen LogP contribution in [0.2, 0.25) is 0 Å². The van der Waals surface area contributed by atoms with Crippen molar-refractivity contribution in [1.82, 2.24) is 5.32 Å². The molecule has 0 aromatic heterocycles. The van der Waals surface area contributed by atoms with E-state index in [0.29, 0.717) is 29.9 Å². The SMILES string of the molecule is COc1cccc(OC)c1CC(=O)NC1(C(=O)O)CC1. The Hall–Kier alpha value is -2.24. The Bertz CT molecular complexity index is 514. The molecular formula is C14H17NO5. The summed E-state index contributed by atoms with van der Waals surface area (Å²) in [6, 6.07) is 5.23. The molecule has 6 heteroatoms. The molecule has 0 saturated heterocycles. The molecule has 1 saturated carbocycles. The highest BCUT2D eigenvalue weighted by Crippen LogP contribution is 2.36. The first-order valence-electron chi connectivity index (χ1n) is 6.26. The fourth-order valence-corrected chi connectivity index (χ4v) is 2.09. The van der Waals surface area contributed by atoms with Gasteiger partial charge in [-0.15, -0.1) is 0 Å². The van der Waals surface area contributed by atoms with Gasteiger partial charge in [0.2, 0.25) is 5.91 Å². The molecule has 20 heavy (non-hydrogen) atoms. The van der Waals surface area contributed by atoms with Gasteiger partial charge in [0, 0.05) is 5.56 Å². The standard InChI is InChI=1S/C14H17NO5/c1-19-10-4-3-5-11(20-2)9(10)8-12(16)15-14(6-7-14)13(17)18/h3-5H,6-8H2,1-2H3,(H,15,16)(H,17,18). The van der Waals surface area contributed by atoms with Crippen LogP contribution in [0.3, 0.4) is 0 Å². The van der Waals surface area contributed by atoms with Crippen LogP contribution in [-0.2, 0) is 16.0 Å². The van der Waals surface area contributed by atoms with E-state index in [1.54, 1.807) is 18.2 Å². The lowest BCUT2D eigenvalue weighted by Gasteiger charge is -2.15. The predicted molar refractivity (Wildman–Crippen MR) is 71.0 cm³/mol. The first-order valence-corrected chi connectivity index (χ1v) is 6.26. The molecule has 0 heterocycles. The molecule has 1 amide bonds. The van der Waals surface area contributed by atoms with Gasteiger partial charge >= 0.3 is 5.97 Å². The second-order valence-electron chi connectivity index (χ2n) is 4.75. The zero-order valence-electron chi connectivity index (χ0n) is 11.4. The van der Waals surface area contributed by atoms with Crippen molar-refractivity contribution in [3.05, 3.63) is 23.8 Å². The minimum Gasteiger partial charge on any atom is -0.496 e. The van der Waals surface area contributed by atoms with E-state index in [1.165, 1.54) is 14.2 Å². The van der Waals surface area contributed by atoms with Crippen molar-refractivity contribution in [3.63, 3.8) is 0 Å². The topological polar surface area (TPSA) is 84.9 Å². The fourth-order valence-electron chi connectivity index (χ4n) is 2.09. The van der Waals surface area contributed by atoms with Crippen LogP contribution in [0.4, 0.5) is 0 Å². The minimum atomic E-state index is -1.08. The number of ether oxygens (including phenoxy) is 2. The minimum absolute atomic E-state index is 0.0161. The lowest BCUT2D eigenvalue weighted by atomic mass is 10.1. The molecule has 1 aromatic rings. The highest BCUT2D eigenvalue weighted by molar-refractivity contribution is 5.90. The number of benzene rings is 1. The van der Waals surface area contributed by atoms with Crippen molar-refractivity contribution in [2.45, 2.75) is 24.8 Å². The van der Waals surface area contributed by atoms with Gasteiger partial charge in [0.15, 0.2) is 0 Å². The third kappa shape index (κ3) is 2.68. The van der Waals surface area contributed by atoms with Gasteiger partial charge in [-0.1, -0.05) is 6.07 Å². The summed E-state index contributed by atoms with van der Waals surface area (Å²) in [4.78, 5) is 23.1. The smallest absolute Gasteiger partial charge is 0.329 e. The van der Waals surface area contributed by atoms with Gasteiger partial charge in [-0.2, -0.15) is 0 Å². The maximum Gasteiger partial charge on any atom is 0.329 e. The van der Waals surface area contributed by atoms with Crippen LogP contribution < -0.4 is 14.8 Å². The third-order valence-corrected chi connectivity index (χ3v) is 3.41. The number of carbonyl (C=O) groups is 2. The Morgan fingerprint density at radius 1 is 1.25 bits per heavy atom. The van der Waals surface area contributed by atoms with Crippen LogP contribution in [-0.4, -0.2) is 36.7 Å². The van der Waals surface area contributed by atoms with Gasteiger partial charge in [0.1, 0.15) is 17.0 Å². The first kappa shape index (κ1) is 14.2. The summed E-state index contributed by atoms with van der Waals surface area (Å²) in [5.74, 6) is -0.259. The van der Waals surface area contributed by atoms with E-state index in [2.05, 4.69) is 5.32 Å². The van der Waals surface area contributed by atoms with E-state index in [1.807, 2.05) is 0 Å². The summed E-state index contributed by atoms with van der Waals surface area (Å²) in [5.41, 5.74) is -0.469. The molecule has 6 nitrogen and oxygen atoms in total. The van der Waals surface area contributed by atoms with E-state index in [0.717, 1.165) is 0 Å². The van der Waals surface area contributed by atoms with Gasteiger partial charge in [-0.05, 0) is 25.0 Å². The zero-order valence-corrected chi connectivity index (χ0v) is 11.4. The molecule has 1 aromatic carbocycles. The molecule has 2 N–H and O–H groups in total. The Labute approximate surface area is 116 Å². The number of carboxylic acid groups (broad SMARTS) is 1. The van der Waals surface area contributed by atoms with Gasteiger partial charge in [-0.25, -0.2) is 4.79 Å². The molecule has 0 unspecified atom stereocenters. The Morgan fingerprint density at radius 3 is 2.20 bits per heavy atom. The largest absolute Gasteiger partial charge is 0.496 e. The number of aliphatic carboxylic acids is 1. The van der Waals surface area contributed by atoms with E-state index in [-0.39, 0.29) is 12.3 Å². The quantitative estimate of drug-likeness (QED) is 0.811. The van der Waals surface area contributed by atoms with Gasteiger partial charge in [-0.3, -0.25) is 4.79 Å². The number of hydrogen-bond donors (Lipinski definition) is 2. The fraction of sp³-hybridized carbons (Fsp3) is 0.429. The van der Waals surface area contributed by atoms with Crippen molar-refractivity contribution < 1.29 is 24.2 Å². The lowest BCUT2D eigenvalue weighted by Crippen LogP contribution is -2.43. The summed E-state index contributed by atoms with van der Waals surface area (Å²) in [7, 11) is 3.02. The summed E-state index contributed by atoms with van der Waals surface area (Å²) in [6.07, 6.45) is 0.955. The Kier molecular flexibility index (Phi) is 3.83. The van der Waals surface area contributed by atoms with Gasteiger partial charge in [0.25, 0.3) is 0 Å². The van der Waals surface area contributed by atoms with Gasteiger partial charge in [0.05, 0.1) is 20.6 Å². The molecule has 1 aliphatic carbocycles. The second-order valence-corrected chi connectivity index (χ2v) is 4.75. The number of rotatable bonds is 6. The molecule has 0 radical (unpaired) electrons. The highest BCUT2D eigenvalue weighted by Gasteiger charge is 2.51. The monoisotopic (exact) mass is 279 g/mol. The molecule has 0 aliphatic heterocycles. The summed E-state index contributed by atoms with van der Waals surface area (Å²) in [6.45, 7) is 0. The maximum absolute atomic E-state index is 12.0. The Morgan fingerprint density at radius 2 is 1.80 bits per heavy atom. The van der Waals surface area contributed by atoms with E-state index in [4.69, 9.17) is 14.6 Å². The summed E-state index contributed by atoms with van der Waals surface area (Å²) in [5, 5.41) is 11.6. The van der Waals surface area contributed by atoms with Crippen LogP contribution in [0.25, 0.3) is 0 Å². The second kappa shape index (κ2) is 5.40. The highest BCUT2D eigenvalue weighted by atomic mass is 16.5. The van der Waals surface area contributed by atoms with Crippen LogP contribution in [0.1, 0.15) is 18.4 Å². The predicted octanol–water partition coefficient (Wildman–Crippen LogP) is 0.980. The summed E-state index contributed by atoms with van der Waals surface area (Å²) >= 11 is 0. The molecule has 0 spiro atoms. The Balaban J connectivity index is 2.13. The molecule has 0 bridgehead atoms. The van der Waals surface area contributed by atoms with E-state index < -0.39 is 11.5 Å². The average molecular weight is 279 g/mol. The summed E-state index contributed by atoms with van der Waals surface area (Å²) < 4.78 is 10.4. The number of carbonyl (C=O) groups excluding carboxylic acids is 1. The molecule has 108 valence electrons.